The van der Waals surface area contributed by atoms with Crippen molar-refractivity contribution in [2.75, 3.05) is 10.6 Å². The number of amides is 2. The summed E-state index contributed by atoms with van der Waals surface area (Å²) in [7, 11) is 0. The molecular weight excluding hydrogens is 364 g/mol. The Hall–Kier alpha value is -2.34. The summed E-state index contributed by atoms with van der Waals surface area (Å²) in [6.45, 7) is 7.82. The quantitative estimate of drug-likeness (QED) is 0.774. The minimum atomic E-state index is -0.319. The van der Waals surface area contributed by atoms with Crippen LogP contribution >= 0.6 is 11.6 Å². The van der Waals surface area contributed by atoms with Gasteiger partial charge in [-0.3, -0.25) is 14.3 Å². The fourth-order valence-electron chi connectivity index (χ4n) is 2.79. The molecule has 0 spiro atoms. The van der Waals surface area contributed by atoms with Crippen molar-refractivity contribution >= 4 is 34.8 Å². The Labute approximate surface area is 164 Å². The average Bonchev–Trinajstić information content (AvgIpc) is 3.34. The molecule has 0 atom stereocenters. The van der Waals surface area contributed by atoms with Gasteiger partial charge in [-0.2, -0.15) is 5.10 Å². The molecule has 1 aromatic carbocycles. The van der Waals surface area contributed by atoms with E-state index in [1.165, 1.54) is 0 Å². The highest BCUT2D eigenvalue weighted by Crippen LogP contribution is 2.40. The maximum absolute atomic E-state index is 13.0. The first kappa shape index (κ1) is 19.4. The van der Waals surface area contributed by atoms with Crippen LogP contribution in [0.1, 0.15) is 69.1 Å². The van der Waals surface area contributed by atoms with Crippen LogP contribution in [0.15, 0.2) is 24.3 Å². The number of hydrogen-bond acceptors (Lipinski definition) is 3. The van der Waals surface area contributed by atoms with Crippen molar-refractivity contribution in [2.45, 2.75) is 58.4 Å². The summed E-state index contributed by atoms with van der Waals surface area (Å²) in [6.07, 6.45) is 2.61. The van der Waals surface area contributed by atoms with E-state index in [2.05, 4.69) is 15.7 Å². The molecule has 7 heteroatoms. The van der Waals surface area contributed by atoms with Crippen LogP contribution in [-0.2, 0) is 10.3 Å². The topological polar surface area (TPSA) is 76.0 Å². The van der Waals surface area contributed by atoms with Crippen molar-refractivity contribution < 1.29 is 9.59 Å². The third-order valence-electron chi connectivity index (χ3n) is 4.41. The molecule has 1 aliphatic carbocycles. The van der Waals surface area contributed by atoms with Gasteiger partial charge in [0, 0.05) is 18.0 Å². The Morgan fingerprint density at radius 2 is 1.93 bits per heavy atom. The lowest BCUT2D eigenvalue weighted by Crippen LogP contribution is -2.29. The summed E-state index contributed by atoms with van der Waals surface area (Å²) in [5.41, 5.74) is 2.18. The summed E-state index contributed by atoms with van der Waals surface area (Å²) >= 11 is 6.24. The number of halogens is 1. The molecule has 3 rings (SSSR count). The van der Waals surface area contributed by atoms with Crippen LogP contribution in [0.5, 0.6) is 0 Å². The molecule has 2 aromatic rings. The summed E-state index contributed by atoms with van der Waals surface area (Å²) in [4.78, 5) is 24.6. The summed E-state index contributed by atoms with van der Waals surface area (Å²) in [5.74, 6) is 0.0796. The molecule has 1 fully saturated rings. The van der Waals surface area contributed by atoms with Gasteiger partial charge in [-0.05, 0) is 57.9 Å². The van der Waals surface area contributed by atoms with Crippen LogP contribution in [0.3, 0.4) is 0 Å². The van der Waals surface area contributed by atoms with E-state index in [-0.39, 0.29) is 17.4 Å². The van der Waals surface area contributed by atoms with E-state index in [9.17, 15) is 9.59 Å². The molecule has 2 amide bonds. The fraction of sp³-hybridized carbons (Fsp3) is 0.450. The third-order valence-corrected chi connectivity index (χ3v) is 4.74. The zero-order valence-corrected chi connectivity index (χ0v) is 16.9. The van der Waals surface area contributed by atoms with E-state index in [0.717, 1.165) is 18.5 Å². The van der Waals surface area contributed by atoms with Gasteiger partial charge in [-0.15, -0.1) is 0 Å². The highest BCUT2D eigenvalue weighted by molar-refractivity contribution is 6.34. The summed E-state index contributed by atoms with van der Waals surface area (Å²) < 4.78 is 1.77. The number of hydrogen-bond donors (Lipinski definition) is 2. The number of nitrogens with zero attached hydrogens (tertiary/aromatic N) is 2. The second kappa shape index (κ2) is 7.35. The van der Waals surface area contributed by atoms with Gasteiger partial charge in [0.1, 0.15) is 5.69 Å². The Balaban J connectivity index is 1.87. The summed E-state index contributed by atoms with van der Waals surface area (Å²) in [5, 5.41) is 10.7. The van der Waals surface area contributed by atoms with Gasteiger partial charge in [0.25, 0.3) is 5.91 Å². The van der Waals surface area contributed by atoms with Crippen molar-refractivity contribution in [1.82, 2.24) is 9.78 Å². The molecule has 0 radical (unpaired) electrons. The first-order chi connectivity index (χ1) is 12.7. The molecular formula is C20H25ClN4O2. The molecule has 27 heavy (non-hydrogen) atoms. The number of nitrogens with one attached hydrogen (secondary N) is 2. The molecule has 0 unspecified atom stereocenters. The maximum atomic E-state index is 13.0. The van der Waals surface area contributed by atoms with E-state index < -0.39 is 0 Å². The Kier molecular flexibility index (Phi) is 5.29. The zero-order valence-electron chi connectivity index (χ0n) is 16.1. The normalized spacial score (nSPS) is 14.1. The summed E-state index contributed by atoms with van der Waals surface area (Å²) in [6, 6.07) is 6.89. The van der Waals surface area contributed by atoms with Gasteiger partial charge in [0.15, 0.2) is 0 Å². The predicted molar refractivity (Wildman–Crippen MR) is 108 cm³/mol. The molecule has 2 N–H and O–H groups in total. The molecule has 0 aliphatic heterocycles. The van der Waals surface area contributed by atoms with Crippen molar-refractivity contribution in [3.05, 3.63) is 40.7 Å². The lowest BCUT2D eigenvalue weighted by Gasteiger charge is -2.22. The lowest BCUT2D eigenvalue weighted by molar-refractivity contribution is -0.115. The second-order valence-electron chi connectivity index (χ2n) is 7.86. The smallest absolute Gasteiger partial charge is 0.274 e. The monoisotopic (exact) mass is 388 g/mol. The molecule has 1 saturated carbocycles. The van der Waals surface area contributed by atoms with E-state index in [0.29, 0.717) is 34.4 Å². The number of rotatable bonds is 5. The molecule has 144 valence electrons. The average molecular weight is 389 g/mol. The number of benzene rings is 1. The predicted octanol–water partition coefficient (Wildman–Crippen LogP) is 4.77. The Bertz CT molecular complexity index is 879. The Morgan fingerprint density at radius 1 is 1.22 bits per heavy atom. The number of carbonyl (C=O) groups is 2. The van der Waals surface area contributed by atoms with Crippen LogP contribution < -0.4 is 10.6 Å². The van der Waals surface area contributed by atoms with E-state index in [4.69, 9.17) is 11.6 Å². The number of aromatic nitrogens is 2. The molecule has 6 nitrogen and oxygen atoms in total. The van der Waals surface area contributed by atoms with Crippen molar-refractivity contribution in [3.8, 4) is 0 Å². The molecule has 1 aromatic heterocycles. The van der Waals surface area contributed by atoms with E-state index in [1.54, 1.807) is 29.8 Å². The van der Waals surface area contributed by atoms with Crippen LogP contribution in [0, 0.1) is 0 Å². The van der Waals surface area contributed by atoms with Gasteiger partial charge < -0.3 is 10.6 Å². The van der Waals surface area contributed by atoms with Crippen LogP contribution in [0.2, 0.25) is 5.02 Å². The zero-order chi connectivity index (χ0) is 19.8. The molecule has 1 heterocycles. The van der Waals surface area contributed by atoms with Gasteiger partial charge in [-0.25, -0.2) is 0 Å². The first-order valence-corrected chi connectivity index (χ1v) is 9.58. The lowest BCUT2D eigenvalue weighted by atomic mass is 10.1. The van der Waals surface area contributed by atoms with Crippen LogP contribution in [0.25, 0.3) is 0 Å². The molecule has 0 bridgehead atoms. The fourth-order valence-corrected chi connectivity index (χ4v) is 2.95. The van der Waals surface area contributed by atoms with Gasteiger partial charge in [-0.1, -0.05) is 18.5 Å². The maximum Gasteiger partial charge on any atom is 0.274 e. The van der Waals surface area contributed by atoms with E-state index in [1.807, 2.05) is 26.8 Å². The Morgan fingerprint density at radius 3 is 2.52 bits per heavy atom. The van der Waals surface area contributed by atoms with Gasteiger partial charge in [0.05, 0.1) is 21.9 Å². The minimum absolute atomic E-state index is 0.102. The second-order valence-corrected chi connectivity index (χ2v) is 8.27. The van der Waals surface area contributed by atoms with Crippen molar-refractivity contribution in [3.63, 3.8) is 0 Å². The van der Waals surface area contributed by atoms with Crippen LogP contribution in [-0.4, -0.2) is 21.6 Å². The van der Waals surface area contributed by atoms with Crippen molar-refractivity contribution in [2.24, 2.45) is 0 Å². The highest BCUT2D eigenvalue weighted by Gasteiger charge is 2.31. The number of carbonyl (C=O) groups excluding carboxylic acids is 2. The SMILES string of the molecule is CCC(=O)Nc1ccc(Cl)c(NC(=O)c2cc(C3CC3)nn2C(C)(C)C)c1. The number of anilines is 2. The van der Waals surface area contributed by atoms with Gasteiger partial charge >= 0.3 is 0 Å². The molecule has 0 saturated heterocycles. The standard InChI is InChI=1S/C20H25ClN4O2/c1-5-18(26)22-13-8-9-14(21)16(10-13)23-19(27)17-11-15(12-6-7-12)24-25(17)20(2,3)4/h8-12H,5-7H2,1-4H3,(H,22,26)(H,23,27). The van der Waals surface area contributed by atoms with Crippen molar-refractivity contribution in [1.29, 1.82) is 0 Å². The largest absolute Gasteiger partial charge is 0.326 e. The van der Waals surface area contributed by atoms with Crippen LogP contribution in [0.4, 0.5) is 11.4 Å². The minimum Gasteiger partial charge on any atom is -0.326 e. The van der Waals surface area contributed by atoms with E-state index >= 15 is 0 Å². The molecule has 1 aliphatic rings. The van der Waals surface area contributed by atoms with Gasteiger partial charge in [0.2, 0.25) is 5.91 Å². The third kappa shape index (κ3) is 4.50. The first-order valence-electron chi connectivity index (χ1n) is 9.20. The highest BCUT2D eigenvalue weighted by atomic mass is 35.5.